The average Bonchev–Trinajstić information content (AvgIpc) is 2.66. The van der Waals surface area contributed by atoms with Crippen molar-refractivity contribution in [1.29, 1.82) is 0 Å². The Morgan fingerprint density at radius 3 is 2.36 bits per heavy atom. The van der Waals surface area contributed by atoms with Crippen molar-refractivity contribution < 1.29 is 17.6 Å². The molecule has 1 atom stereocenters. The van der Waals surface area contributed by atoms with E-state index in [1.54, 1.807) is 0 Å². The van der Waals surface area contributed by atoms with E-state index in [1.165, 1.54) is 35.7 Å². The number of sulfonamides is 1. The monoisotopic (exact) mass is 413 g/mol. The first-order chi connectivity index (χ1) is 13.3. The summed E-state index contributed by atoms with van der Waals surface area (Å²) in [5.41, 5.74) is 0. The Kier molecular flexibility index (Phi) is 8.85. The maximum Gasteiger partial charge on any atom is 0.243 e. The normalized spacial score (nSPS) is 17.4. The minimum absolute atomic E-state index is 0.0159. The summed E-state index contributed by atoms with van der Waals surface area (Å²) in [5, 5.41) is 3.03. The molecule has 1 aromatic carbocycles. The van der Waals surface area contributed by atoms with Gasteiger partial charge in [-0.05, 0) is 37.6 Å². The van der Waals surface area contributed by atoms with Crippen LogP contribution in [0, 0.1) is 5.82 Å². The summed E-state index contributed by atoms with van der Waals surface area (Å²) in [6.07, 6.45) is 5.72. The van der Waals surface area contributed by atoms with E-state index in [1.807, 2.05) is 11.8 Å². The maximum absolute atomic E-state index is 13.0. The van der Waals surface area contributed by atoms with E-state index in [0.717, 1.165) is 25.0 Å². The highest BCUT2D eigenvalue weighted by molar-refractivity contribution is 7.89. The number of unbranched alkanes of at least 4 members (excludes halogenated alkanes) is 3. The van der Waals surface area contributed by atoms with Crippen molar-refractivity contribution in [3.8, 4) is 0 Å². The fourth-order valence-electron chi connectivity index (χ4n) is 3.36. The summed E-state index contributed by atoms with van der Waals surface area (Å²) in [5.74, 6) is -0.479. The van der Waals surface area contributed by atoms with Gasteiger partial charge < -0.3 is 5.32 Å². The summed E-state index contributed by atoms with van der Waals surface area (Å²) in [6, 6.07) is 5.02. The van der Waals surface area contributed by atoms with Crippen LogP contribution in [0.2, 0.25) is 0 Å². The molecular weight excluding hydrogens is 381 g/mol. The number of nitrogens with one attached hydrogen (secondary N) is 1. The SMILES string of the molecule is CCCCCC[C@H](C)NC(=O)CN1CCN(S(=O)(=O)c2ccc(F)cc2)CC1. The van der Waals surface area contributed by atoms with Crippen molar-refractivity contribution in [3.05, 3.63) is 30.1 Å². The summed E-state index contributed by atoms with van der Waals surface area (Å²) in [6.45, 7) is 6.12. The van der Waals surface area contributed by atoms with Gasteiger partial charge in [-0.1, -0.05) is 32.6 Å². The van der Waals surface area contributed by atoms with Gasteiger partial charge in [0.05, 0.1) is 11.4 Å². The first kappa shape index (κ1) is 22.8. The number of benzene rings is 1. The largest absolute Gasteiger partial charge is 0.353 e. The third kappa shape index (κ3) is 6.83. The molecule has 2 rings (SSSR count). The molecule has 1 fully saturated rings. The van der Waals surface area contributed by atoms with Gasteiger partial charge in [0, 0.05) is 32.2 Å². The van der Waals surface area contributed by atoms with Crippen LogP contribution in [0.25, 0.3) is 0 Å². The van der Waals surface area contributed by atoms with Crippen molar-refractivity contribution >= 4 is 15.9 Å². The lowest BCUT2D eigenvalue weighted by atomic mass is 10.1. The molecule has 0 spiro atoms. The lowest BCUT2D eigenvalue weighted by Gasteiger charge is -2.33. The summed E-state index contributed by atoms with van der Waals surface area (Å²) >= 11 is 0. The van der Waals surface area contributed by atoms with Crippen LogP contribution < -0.4 is 5.32 Å². The van der Waals surface area contributed by atoms with Crippen molar-refractivity contribution in [2.45, 2.75) is 56.9 Å². The van der Waals surface area contributed by atoms with Crippen molar-refractivity contribution in [3.63, 3.8) is 0 Å². The topological polar surface area (TPSA) is 69.7 Å². The Bertz CT molecular complexity index is 717. The van der Waals surface area contributed by atoms with Gasteiger partial charge in [-0.15, -0.1) is 0 Å². The predicted molar refractivity (Wildman–Crippen MR) is 108 cm³/mol. The molecule has 8 heteroatoms. The maximum atomic E-state index is 13.0. The zero-order valence-corrected chi connectivity index (χ0v) is 17.7. The second-order valence-corrected chi connectivity index (χ2v) is 9.39. The third-order valence-corrected chi connectivity index (χ3v) is 6.96. The second kappa shape index (κ2) is 10.9. The van der Waals surface area contributed by atoms with Crippen LogP contribution in [-0.2, 0) is 14.8 Å². The minimum atomic E-state index is -3.63. The van der Waals surface area contributed by atoms with Crippen molar-refractivity contribution in [1.82, 2.24) is 14.5 Å². The number of carbonyl (C=O) groups excluding carboxylic acids is 1. The summed E-state index contributed by atoms with van der Waals surface area (Å²) in [4.78, 5) is 14.3. The smallest absolute Gasteiger partial charge is 0.243 e. The highest BCUT2D eigenvalue weighted by Gasteiger charge is 2.29. The predicted octanol–water partition coefficient (Wildman–Crippen LogP) is 2.61. The molecule has 28 heavy (non-hydrogen) atoms. The quantitative estimate of drug-likeness (QED) is 0.599. The number of halogens is 1. The standard InChI is InChI=1S/C20H32FN3O3S/c1-3-4-5-6-7-17(2)22-20(25)16-23-12-14-24(15-13-23)28(26,27)19-10-8-18(21)9-11-19/h8-11,17H,3-7,12-16H2,1-2H3,(H,22,25)/t17-/m0/s1. The zero-order valence-electron chi connectivity index (χ0n) is 16.9. The molecule has 6 nitrogen and oxygen atoms in total. The van der Waals surface area contributed by atoms with Crippen LogP contribution in [0.5, 0.6) is 0 Å². The molecular formula is C20H32FN3O3S. The first-order valence-corrected chi connectivity index (χ1v) is 11.5. The van der Waals surface area contributed by atoms with Crippen LogP contribution >= 0.6 is 0 Å². The van der Waals surface area contributed by atoms with Gasteiger partial charge in [0.1, 0.15) is 5.82 Å². The third-order valence-electron chi connectivity index (χ3n) is 5.05. The Hall–Kier alpha value is -1.51. The zero-order chi connectivity index (χ0) is 20.6. The van der Waals surface area contributed by atoms with E-state index in [4.69, 9.17) is 0 Å². The molecule has 1 heterocycles. The van der Waals surface area contributed by atoms with Gasteiger partial charge >= 0.3 is 0 Å². The molecule has 1 aliphatic rings. The molecule has 0 radical (unpaired) electrons. The molecule has 0 aliphatic carbocycles. The molecule has 0 unspecified atom stereocenters. The Morgan fingerprint density at radius 2 is 1.75 bits per heavy atom. The van der Waals surface area contributed by atoms with Gasteiger partial charge in [0.2, 0.25) is 15.9 Å². The van der Waals surface area contributed by atoms with Gasteiger partial charge in [0.15, 0.2) is 0 Å². The van der Waals surface area contributed by atoms with Crippen molar-refractivity contribution in [2.24, 2.45) is 0 Å². The molecule has 1 amide bonds. The molecule has 0 saturated carbocycles. The van der Waals surface area contributed by atoms with Crippen LogP contribution in [0.1, 0.15) is 46.0 Å². The number of nitrogens with zero attached hydrogens (tertiary/aromatic N) is 2. The number of carbonyl (C=O) groups is 1. The van der Waals surface area contributed by atoms with E-state index in [0.29, 0.717) is 26.2 Å². The lowest BCUT2D eigenvalue weighted by Crippen LogP contribution is -2.51. The molecule has 0 aromatic heterocycles. The molecule has 1 aliphatic heterocycles. The van der Waals surface area contributed by atoms with E-state index >= 15 is 0 Å². The number of amides is 1. The Balaban J connectivity index is 1.75. The molecule has 0 bridgehead atoms. The highest BCUT2D eigenvalue weighted by atomic mass is 32.2. The van der Waals surface area contributed by atoms with Crippen LogP contribution in [0.4, 0.5) is 4.39 Å². The Morgan fingerprint density at radius 1 is 1.11 bits per heavy atom. The van der Waals surface area contributed by atoms with E-state index in [2.05, 4.69) is 12.2 Å². The average molecular weight is 414 g/mol. The van der Waals surface area contributed by atoms with Crippen LogP contribution in [0.15, 0.2) is 29.2 Å². The Labute approximate surface area is 168 Å². The number of rotatable bonds is 10. The number of hydrogen-bond acceptors (Lipinski definition) is 4. The van der Waals surface area contributed by atoms with Gasteiger partial charge in [0.25, 0.3) is 0 Å². The molecule has 1 aromatic rings. The van der Waals surface area contributed by atoms with Gasteiger partial charge in [-0.2, -0.15) is 4.31 Å². The highest BCUT2D eigenvalue weighted by Crippen LogP contribution is 2.18. The summed E-state index contributed by atoms with van der Waals surface area (Å²) < 4.78 is 39.7. The number of hydrogen-bond donors (Lipinski definition) is 1. The van der Waals surface area contributed by atoms with Crippen LogP contribution in [-0.4, -0.2) is 62.3 Å². The van der Waals surface area contributed by atoms with E-state index < -0.39 is 15.8 Å². The fourth-order valence-corrected chi connectivity index (χ4v) is 4.78. The second-order valence-electron chi connectivity index (χ2n) is 7.45. The fraction of sp³-hybridized carbons (Fsp3) is 0.650. The lowest BCUT2D eigenvalue weighted by molar-refractivity contribution is -0.123. The van der Waals surface area contributed by atoms with Crippen molar-refractivity contribution in [2.75, 3.05) is 32.7 Å². The summed E-state index contributed by atoms with van der Waals surface area (Å²) in [7, 11) is -3.63. The van der Waals surface area contributed by atoms with Crippen LogP contribution in [0.3, 0.4) is 0 Å². The van der Waals surface area contributed by atoms with E-state index in [-0.39, 0.29) is 23.4 Å². The molecule has 158 valence electrons. The first-order valence-electron chi connectivity index (χ1n) is 10.1. The minimum Gasteiger partial charge on any atom is -0.353 e. The van der Waals surface area contributed by atoms with Gasteiger partial charge in [-0.3, -0.25) is 9.69 Å². The molecule has 1 N–H and O–H groups in total. The molecule has 1 saturated heterocycles. The number of piperazine rings is 1. The van der Waals surface area contributed by atoms with Gasteiger partial charge in [-0.25, -0.2) is 12.8 Å². The van der Waals surface area contributed by atoms with E-state index in [9.17, 15) is 17.6 Å².